The van der Waals surface area contributed by atoms with Crippen molar-refractivity contribution in [1.29, 1.82) is 0 Å². The van der Waals surface area contributed by atoms with E-state index >= 15 is 0 Å². The van der Waals surface area contributed by atoms with Crippen molar-refractivity contribution < 1.29 is 14.4 Å². The van der Waals surface area contributed by atoms with Gasteiger partial charge in [0.1, 0.15) is 0 Å². The molecule has 7 nitrogen and oxygen atoms in total. The number of hydrogen-bond acceptors (Lipinski definition) is 4. The van der Waals surface area contributed by atoms with Gasteiger partial charge in [-0.3, -0.25) is 14.4 Å². The zero-order valence-electron chi connectivity index (χ0n) is 22.3. The first-order chi connectivity index (χ1) is 18.5. The van der Waals surface area contributed by atoms with E-state index in [0.29, 0.717) is 35.3 Å². The number of nitrogens with one attached hydrogen (secondary N) is 2. The maximum absolute atomic E-state index is 13.0. The molecule has 204 valence electrons. The first-order valence-corrected chi connectivity index (χ1v) is 14.5. The van der Waals surface area contributed by atoms with Crippen LogP contribution in [-0.2, 0) is 9.59 Å². The summed E-state index contributed by atoms with van der Waals surface area (Å²) in [5.74, 6) is -0.596. The van der Waals surface area contributed by atoms with Crippen molar-refractivity contribution in [1.82, 2.24) is 15.6 Å². The standard InChI is InChI=1S/C30H39BrN4O3/c1-2-3-4-5-6-10-19-28(36)35-20-13-16-24(22-35)29(37)34-33-27(23-14-8-7-9-15-23)21-32-30(38)25-17-11-12-18-26(25)31/h7-9,11-12,14-15,17-18,24H,2-6,10,13,16,19-22H2,1H3,(H,32,38)(H,34,37)/b33-27+/t24-/m1/s1. The van der Waals surface area contributed by atoms with Crippen molar-refractivity contribution in [2.75, 3.05) is 19.6 Å². The Morgan fingerprint density at radius 3 is 2.45 bits per heavy atom. The lowest BCUT2D eigenvalue weighted by Crippen LogP contribution is -2.45. The molecule has 1 heterocycles. The van der Waals surface area contributed by atoms with E-state index in [4.69, 9.17) is 0 Å². The highest BCUT2D eigenvalue weighted by Gasteiger charge is 2.28. The van der Waals surface area contributed by atoms with Crippen molar-refractivity contribution in [2.24, 2.45) is 11.0 Å². The lowest BCUT2D eigenvalue weighted by atomic mass is 9.97. The molecule has 3 rings (SSSR count). The Morgan fingerprint density at radius 2 is 1.68 bits per heavy atom. The van der Waals surface area contributed by atoms with Gasteiger partial charge in [0, 0.05) is 24.0 Å². The molecule has 0 aromatic heterocycles. The fourth-order valence-electron chi connectivity index (χ4n) is 4.59. The molecule has 1 aliphatic heterocycles. The third kappa shape index (κ3) is 9.39. The maximum atomic E-state index is 13.0. The molecular formula is C30H39BrN4O3. The minimum absolute atomic E-state index is 0.140. The van der Waals surface area contributed by atoms with E-state index in [2.05, 4.69) is 38.7 Å². The molecular weight excluding hydrogens is 544 g/mol. The van der Waals surface area contributed by atoms with Crippen LogP contribution in [0.3, 0.4) is 0 Å². The third-order valence-corrected chi connectivity index (χ3v) is 7.52. The average molecular weight is 584 g/mol. The lowest BCUT2D eigenvalue weighted by molar-refractivity contribution is -0.135. The SMILES string of the molecule is CCCCCCCCC(=O)N1CCC[C@@H](C(=O)N/N=C(\CNC(=O)c2ccccc2Br)c2ccccc2)C1. The summed E-state index contributed by atoms with van der Waals surface area (Å²) in [5.41, 5.74) is 4.59. The molecule has 2 aromatic carbocycles. The van der Waals surface area contributed by atoms with E-state index in [1.165, 1.54) is 25.7 Å². The van der Waals surface area contributed by atoms with Crippen LogP contribution in [0.2, 0.25) is 0 Å². The quantitative estimate of drug-likeness (QED) is 0.180. The van der Waals surface area contributed by atoms with Gasteiger partial charge in [-0.15, -0.1) is 0 Å². The first kappa shape index (κ1) is 29.6. The third-order valence-electron chi connectivity index (χ3n) is 6.83. The van der Waals surface area contributed by atoms with Gasteiger partial charge in [-0.25, -0.2) is 5.43 Å². The van der Waals surface area contributed by atoms with Gasteiger partial charge in [0.15, 0.2) is 0 Å². The van der Waals surface area contributed by atoms with Gasteiger partial charge in [-0.1, -0.05) is 81.5 Å². The highest BCUT2D eigenvalue weighted by atomic mass is 79.9. The van der Waals surface area contributed by atoms with Crippen molar-refractivity contribution >= 4 is 39.4 Å². The highest BCUT2D eigenvalue weighted by molar-refractivity contribution is 9.10. The van der Waals surface area contributed by atoms with Crippen LogP contribution in [0, 0.1) is 5.92 Å². The van der Waals surface area contributed by atoms with E-state index in [9.17, 15) is 14.4 Å². The second-order valence-corrected chi connectivity index (χ2v) is 10.6. The number of rotatable bonds is 13. The fourth-order valence-corrected chi connectivity index (χ4v) is 5.05. The predicted octanol–water partition coefficient (Wildman–Crippen LogP) is 5.69. The summed E-state index contributed by atoms with van der Waals surface area (Å²) in [6.07, 6.45) is 8.94. The van der Waals surface area contributed by atoms with Crippen molar-refractivity contribution in [3.63, 3.8) is 0 Å². The highest BCUT2D eigenvalue weighted by Crippen LogP contribution is 2.19. The minimum Gasteiger partial charge on any atom is -0.346 e. The molecule has 3 amide bonds. The predicted molar refractivity (Wildman–Crippen MR) is 155 cm³/mol. The maximum Gasteiger partial charge on any atom is 0.252 e. The van der Waals surface area contributed by atoms with Gasteiger partial charge >= 0.3 is 0 Å². The van der Waals surface area contributed by atoms with E-state index < -0.39 is 0 Å². The zero-order chi connectivity index (χ0) is 27.2. The number of halogens is 1. The molecule has 1 fully saturated rings. The lowest BCUT2D eigenvalue weighted by Gasteiger charge is -2.31. The summed E-state index contributed by atoms with van der Waals surface area (Å²) in [6, 6.07) is 16.7. The summed E-state index contributed by atoms with van der Waals surface area (Å²) in [7, 11) is 0. The van der Waals surface area contributed by atoms with Gasteiger partial charge in [-0.2, -0.15) is 5.10 Å². The molecule has 2 N–H and O–H groups in total. The molecule has 0 bridgehead atoms. The first-order valence-electron chi connectivity index (χ1n) is 13.7. The van der Waals surface area contributed by atoms with Gasteiger partial charge in [0.05, 0.1) is 23.7 Å². The van der Waals surface area contributed by atoms with E-state index in [0.717, 1.165) is 31.2 Å². The number of carbonyl (C=O) groups is 3. The van der Waals surface area contributed by atoms with Crippen LogP contribution in [-0.4, -0.2) is 48.0 Å². The van der Waals surface area contributed by atoms with Gasteiger partial charge in [0.2, 0.25) is 11.8 Å². The summed E-state index contributed by atoms with van der Waals surface area (Å²) >= 11 is 3.41. The molecule has 0 spiro atoms. The number of unbranched alkanes of at least 4 members (excludes halogenated alkanes) is 5. The Balaban J connectivity index is 1.56. The number of carbonyl (C=O) groups excluding carboxylic acids is 3. The van der Waals surface area contributed by atoms with E-state index in [1.54, 1.807) is 12.1 Å². The van der Waals surface area contributed by atoms with Crippen molar-refractivity contribution in [3.8, 4) is 0 Å². The molecule has 1 atom stereocenters. The van der Waals surface area contributed by atoms with E-state index in [1.807, 2.05) is 47.4 Å². The molecule has 2 aromatic rings. The Labute approximate surface area is 234 Å². The Kier molecular flexibility index (Phi) is 12.5. The van der Waals surface area contributed by atoms with Gasteiger partial charge in [-0.05, 0) is 52.9 Å². The average Bonchev–Trinajstić information content (AvgIpc) is 2.95. The van der Waals surface area contributed by atoms with Crippen molar-refractivity contribution in [2.45, 2.75) is 64.7 Å². The molecule has 0 unspecified atom stereocenters. The van der Waals surface area contributed by atoms with Crippen LogP contribution in [0.15, 0.2) is 64.2 Å². The normalized spacial score (nSPS) is 15.7. The van der Waals surface area contributed by atoms with Crippen LogP contribution in [0.4, 0.5) is 0 Å². The molecule has 1 aliphatic rings. The number of hydrogen-bond donors (Lipinski definition) is 2. The molecule has 8 heteroatoms. The molecule has 0 radical (unpaired) electrons. The summed E-state index contributed by atoms with van der Waals surface area (Å²) in [5, 5.41) is 7.29. The van der Waals surface area contributed by atoms with Crippen LogP contribution >= 0.6 is 15.9 Å². The number of benzene rings is 2. The molecule has 38 heavy (non-hydrogen) atoms. The molecule has 0 saturated carbocycles. The Morgan fingerprint density at radius 1 is 0.974 bits per heavy atom. The second-order valence-electron chi connectivity index (χ2n) is 9.76. The number of amides is 3. The number of piperidine rings is 1. The van der Waals surface area contributed by atoms with Crippen LogP contribution < -0.4 is 10.7 Å². The summed E-state index contributed by atoms with van der Waals surface area (Å²) in [6.45, 7) is 3.48. The number of nitrogens with zero attached hydrogens (tertiary/aromatic N) is 2. The Hall–Kier alpha value is -3.00. The zero-order valence-corrected chi connectivity index (χ0v) is 23.8. The topological polar surface area (TPSA) is 90.9 Å². The number of likely N-dealkylation sites (tertiary alicyclic amines) is 1. The number of hydrazone groups is 1. The second kappa shape index (κ2) is 16.1. The minimum atomic E-state index is -0.298. The molecule has 0 aliphatic carbocycles. The summed E-state index contributed by atoms with van der Waals surface area (Å²) in [4.78, 5) is 40.3. The smallest absolute Gasteiger partial charge is 0.252 e. The van der Waals surface area contributed by atoms with Crippen LogP contribution in [0.25, 0.3) is 0 Å². The Bertz CT molecular complexity index is 1090. The summed E-state index contributed by atoms with van der Waals surface area (Å²) < 4.78 is 0.705. The van der Waals surface area contributed by atoms with Crippen molar-refractivity contribution in [3.05, 3.63) is 70.2 Å². The monoisotopic (exact) mass is 582 g/mol. The van der Waals surface area contributed by atoms with Crippen LogP contribution in [0.1, 0.15) is 80.6 Å². The van der Waals surface area contributed by atoms with Crippen LogP contribution in [0.5, 0.6) is 0 Å². The van der Waals surface area contributed by atoms with Gasteiger partial charge < -0.3 is 10.2 Å². The largest absolute Gasteiger partial charge is 0.346 e. The molecule has 1 saturated heterocycles. The van der Waals surface area contributed by atoms with E-state index in [-0.39, 0.29) is 30.2 Å². The van der Waals surface area contributed by atoms with Gasteiger partial charge in [0.25, 0.3) is 5.91 Å². The fraction of sp³-hybridized carbons (Fsp3) is 0.467.